The molecule has 3 aromatic rings. The van der Waals surface area contributed by atoms with Gasteiger partial charge in [-0.3, -0.25) is 9.59 Å². The van der Waals surface area contributed by atoms with Gasteiger partial charge in [-0.05, 0) is 54.7 Å². The zero-order valence-corrected chi connectivity index (χ0v) is 19.9. The Kier molecular flexibility index (Phi) is 6.84. The number of H-pyrrole nitrogens is 1. The van der Waals surface area contributed by atoms with Crippen molar-refractivity contribution in [2.75, 3.05) is 20.2 Å². The van der Waals surface area contributed by atoms with Gasteiger partial charge in [-0.1, -0.05) is 35.0 Å². The van der Waals surface area contributed by atoms with Gasteiger partial charge >= 0.3 is 0 Å². The van der Waals surface area contributed by atoms with E-state index in [-0.39, 0.29) is 23.7 Å². The van der Waals surface area contributed by atoms with Crippen LogP contribution in [0.1, 0.15) is 35.8 Å². The minimum Gasteiger partial charge on any atom is -0.497 e. The van der Waals surface area contributed by atoms with Crippen LogP contribution in [0, 0.1) is 11.8 Å². The Bertz CT molecular complexity index is 1120. The summed E-state index contributed by atoms with van der Waals surface area (Å²) in [5, 5.41) is 4.04. The number of hydrogen-bond acceptors (Lipinski definition) is 3. The number of aromatic nitrogens is 1. The van der Waals surface area contributed by atoms with Gasteiger partial charge in [0, 0.05) is 47.0 Å². The molecule has 168 valence electrons. The summed E-state index contributed by atoms with van der Waals surface area (Å²) >= 11 is 3.46. The van der Waals surface area contributed by atoms with Crippen LogP contribution in [0.2, 0.25) is 0 Å². The molecule has 7 heteroatoms. The number of methoxy groups -OCH3 is 1. The highest BCUT2D eigenvalue weighted by Crippen LogP contribution is 2.27. The van der Waals surface area contributed by atoms with Crippen molar-refractivity contribution in [3.8, 4) is 5.75 Å². The minimum atomic E-state index is -0.0834. The summed E-state index contributed by atoms with van der Waals surface area (Å²) in [5.74, 6) is 1.02. The fourth-order valence-corrected chi connectivity index (χ4v) is 4.78. The molecule has 0 spiro atoms. The maximum absolute atomic E-state index is 13.0. The lowest BCUT2D eigenvalue weighted by molar-refractivity contribution is -0.126. The highest BCUT2D eigenvalue weighted by molar-refractivity contribution is 9.10. The van der Waals surface area contributed by atoms with E-state index in [1.54, 1.807) is 7.11 Å². The van der Waals surface area contributed by atoms with Gasteiger partial charge < -0.3 is 19.9 Å². The predicted octanol–water partition coefficient (Wildman–Crippen LogP) is 4.74. The zero-order valence-electron chi connectivity index (χ0n) is 18.4. The third-order valence-corrected chi connectivity index (χ3v) is 6.86. The molecule has 0 bridgehead atoms. The largest absolute Gasteiger partial charge is 0.497 e. The molecule has 0 radical (unpaired) electrons. The summed E-state index contributed by atoms with van der Waals surface area (Å²) in [6, 6.07) is 15.6. The molecule has 2 heterocycles. The molecule has 4 rings (SSSR count). The third-order valence-electron chi connectivity index (χ3n) is 6.36. The van der Waals surface area contributed by atoms with Crippen LogP contribution in [0.15, 0.2) is 53.0 Å². The van der Waals surface area contributed by atoms with Crippen LogP contribution in [0.25, 0.3) is 10.9 Å². The van der Waals surface area contributed by atoms with Crippen molar-refractivity contribution in [3.05, 3.63) is 64.3 Å². The van der Waals surface area contributed by atoms with Crippen molar-refractivity contribution in [2.24, 2.45) is 11.8 Å². The average molecular weight is 498 g/mol. The number of rotatable bonds is 6. The van der Waals surface area contributed by atoms with Crippen LogP contribution in [-0.2, 0) is 11.3 Å². The highest BCUT2D eigenvalue weighted by atomic mass is 79.9. The maximum atomic E-state index is 13.0. The number of ether oxygens (including phenoxy) is 1. The fraction of sp³-hybridized carbons (Fsp3) is 0.360. The minimum absolute atomic E-state index is 0.00498. The molecule has 2 amide bonds. The van der Waals surface area contributed by atoms with E-state index in [4.69, 9.17) is 4.74 Å². The number of amides is 2. The molecule has 1 aliphatic heterocycles. The normalized spacial score (nSPS) is 15.5. The van der Waals surface area contributed by atoms with Crippen molar-refractivity contribution >= 4 is 38.6 Å². The second-order valence-corrected chi connectivity index (χ2v) is 9.32. The number of likely N-dealkylation sites (tertiary alicyclic amines) is 1. The van der Waals surface area contributed by atoms with E-state index in [0.29, 0.717) is 25.3 Å². The Morgan fingerprint density at radius 1 is 1.19 bits per heavy atom. The Morgan fingerprint density at radius 3 is 2.69 bits per heavy atom. The Hall–Kier alpha value is -2.80. The van der Waals surface area contributed by atoms with Gasteiger partial charge in [-0.15, -0.1) is 0 Å². The van der Waals surface area contributed by atoms with E-state index >= 15 is 0 Å². The number of nitrogens with one attached hydrogen (secondary N) is 2. The van der Waals surface area contributed by atoms with Gasteiger partial charge in [0.2, 0.25) is 5.91 Å². The van der Waals surface area contributed by atoms with Gasteiger partial charge in [0.1, 0.15) is 11.4 Å². The van der Waals surface area contributed by atoms with Crippen molar-refractivity contribution in [1.82, 2.24) is 15.2 Å². The number of piperidine rings is 1. The lowest BCUT2D eigenvalue weighted by Gasteiger charge is -2.34. The van der Waals surface area contributed by atoms with Crippen LogP contribution < -0.4 is 10.1 Å². The van der Waals surface area contributed by atoms with Crippen molar-refractivity contribution in [1.29, 1.82) is 0 Å². The van der Waals surface area contributed by atoms with Gasteiger partial charge in [0.25, 0.3) is 5.91 Å². The van der Waals surface area contributed by atoms with Crippen LogP contribution in [-0.4, -0.2) is 41.9 Å². The molecule has 0 aliphatic carbocycles. The quantitative estimate of drug-likeness (QED) is 0.516. The zero-order chi connectivity index (χ0) is 22.7. The number of nitrogens with zero attached hydrogens (tertiary/aromatic N) is 1. The van der Waals surface area contributed by atoms with E-state index in [0.717, 1.165) is 39.5 Å². The second-order valence-electron chi connectivity index (χ2n) is 8.40. The van der Waals surface area contributed by atoms with Crippen LogP contribution >= 0.6 is 15.9 Å². The number of carbonyl (C=O) groups is 2. The highest BCUT2D eigenvalue weighted by Gasteiger charge is 2.30. The maximum Gasteiger partial charge on any atom is 0.270 e. The Balaban J connectivity index is 1.31. The molecular weight excluding hydrogens is 470 g/mol. The number of aromatic amines is 1. The number of hydrogen-bond donors (Lipinski definition) is 2. The van der Waals surface area contributed by atoms with E-state index in [1.165, 1.54) is 0 Å². The summed E-state index contributed by atoms with van der Waals surface area (Å²) < 4.78 is 6.26. The molecule has 1 atom stereocenters. The first-order chi connectivity index (χ1) is 15.4. The van der Waals surface area contributed by atoms with Gasteiger partial charge in [0.15, 0.2) is 0 Å². The van der Waals surface area contributed by atoms with Crippen molar-refractivity contribution in [3.63, 3.8) is 0 Å². The van der Waals surface area contributed by atoms with Gasteiger partial charge in [0.05, 0.1) is 7.11 Å². The number of halogens is 1. The van der Waals surface area contributed by atoms with Crippen LogP contribution in [0.3, 0.4) is 0 Å². The lowest BCUT2D eigenvalue weighted by atomic mass is 9.84. The second kappa shape index (κ2) is 9.77. The van der Waals surface area contributed by atoms with Crippen LogP contribution in [0.4, 0.5) is 0 Å². The molecule has 32 heavy (non-hydrogen) atoms. The molecule has 0 unspecified atom stereocenters. The number of benzene rings is 2. The van der Waals surface area contributed by atoms with Gasteiger partial charge in [-0.2, -0.15) is 0 Å². The summed E-state index contributed by atoms with van der Waals surface area (Å²) in [6.07, 6.45) is 1.65. The Labute approximate surface area is 196 Å². The Morgan fingerprint density at radius 2 is 1.97 bits per heavy atom. The first-order valence-electron chi connectivity index (χ1n) is 10.9. The first-order valence-corrected chi connectivity index (χ1v) is 11.7. The van der Waals surface area contributed by atoms with Crippen molar-refractivity contribution < 1.29 is 14.3 Å². The number of fused-ring (bicyclic) bond motifs is 1. The monoisotopic (exact) mass is 497 g/mol. The molecular formula is C25H28BrN3O3. The van der Waals surface area contributed by atoms with Crippen molar-refractivity contribution in [2.45, 2.75) is 26.3 Å². The summed E-state index contributed by atoms with van der Waals surface area (Å²) in [6.45, 7) is 3.82. The number of carbonyl (C=O) groups excluding carboxylic acids is 2. The predicted molar refractivity (Wildman–Crippen MR) is 129 cm³/mol. The molecule has 1 aromatic heterocycles. The van der Waals surface area contributed by atoms with E-state index in [2.05, 4.69) is 26.2 Å². The van der Waals surface area contributed by atoms with Gasteiger partial charge in [-0.25, -0.2) is 0 Å². The standard InChI is InChI=1S/C25H28BrN3O3/c1-16(24(30)27-15-17-4-3-5-20(26)12-17)18-8-10-29(11-9-18)25(31)23-13-19-6-7-21(32-2)14-22(19)28-23/h3-7,12-14,16,18,28H,8-11,15H2,1-2H3,(H,27,30)/t16-/m0/s1. The topological polar surface area (TPSA) is 74.4 Å². The fourth-order valence-electron chi connectivity index (χ4n) is 4.33. The SMILES string of the molecule is COc1ccc2cc(C(=O)N3CCC([C@H](C)C(=O)NCc4cccc(Br)c4)CC3)[nH]c2c1. The first kappa shape index (κ1) is 22.4. The van der Waals surface area contributed by atoms with E-state index in [1.807, 2.05) is 60.4 Å². The van der Waals surface area contributed by atoms with E-state index in [9.17, 15) is 9.59 Å². The molecule has 2 aromatic carbocycles. The molecule has 1 fully saturated rings. The summed E-state index contributed by atoms with van der Waals surface area (Å²) in [4.78, 5) is 30.8. The molecule has 2 N–H and O–H groups in total. The molecule has 1 saturated heterocycles. The average Bonchev–Trinajstić information content (AvgIpc) is 3.25. The third kappa shape index (κ3) is 4.99. The molecule has 1 aliphatic rings. The molecule has 6 nitrogen and oxygen atoms in total. The smallest absolute Gasteiger partial charge is 0.270 e. The van der Waals surface area contributed by atoms with Crippen LogP contribution in [0.5, 0.6) is 5.75 Å². The molecule has 0 saturated carbocycles. The summed E-state index contributed by atoms with van der Waals surface area (Å²) in [7, 11) is 1.63. The lowest BCUT2D eigenvalue weighted by Crippen LogP contribution is -2.42. The van der Waals surface area contributed by atoms with E-state index < -0.39 is 0 Å². The summed E-state index contributed by atoms with van der Waals surface area (Å²) in [5.41, 5.74) is 2.54.